The van der Waals surface area contributed by atoms with Crippen LogP contribution in [0.1, 0.15) is 12.5 Å². The number of methoxy groups -OCH3 is 1. The van der Waals surface area contributed by atoms with Crippen molar-refractivity contribution in [3.63, 3.8) is 0 Å². The molecule has 1 aromatic rings. The van der Waals surface area contributed by atoms with Crippen LogP contribution in [0.5, 0.6) is 5.75 Å². The van der Waals surface area contributed by atoms with Crippen molar-refractivity contribution in [1.82, 2.24) is 0 Å². The Hall–Kier alpha value is -1.22. The van der Waals surface area contributed by atoms with Gasteiger partial charge in [0.1, 0.15) is 5.75 Å². The molecule has 1 unspecified atom stereocenters. The highest BCUT2D eigenvalue weighted by atomic mass is 16.5. The highest BCUT2D eigenvalue weighted by molar-refractivity contribution is 5.57. The SMILES string of the molecule is COc1ccc(C)cc1NCC(C)O. The highest BCUT2D eigenvalue weighted by Crippen LogP contribution is 2.24. The first-order valence-electron chi connectivity index (χ1n) is 4.70. The van der Waals surface area contributed by atoms with Gasteiger partial charge < -0.3 is 15.2 Å². The van der Waals surface area contributed by atoms with Crippen LogP contribution in [0, 0.1) is 6.92 Å². The maximum atomic E-state index is 9.14. The van der Waals surface area contributed by atoms with Gasteiger partial charge in [-0.15, -0.1) is 0 Å². The topological polar surface area (TPSA) is 41.5 Å². The Morgan fingerprint density at radius 3 is 2.79 bits per heavy atom. The van der Waals surface area contributed by atoms with E-state index in [0.717, 1.165) is 11.4 Å². The summed E-state index contributed by atoms with van der Waals surface area (Å²) >= 11 is 0. The van der Waals surface area contributed by atoms with Gasteiger partial charge in [0.25, 0.3) is 0 Å². The molecule has 0 aliphatic carbocycles. The normalized spacial score (nSPS) is 12.3. The van der Waals surface area contributed by atoms with Crippen LogP contribution in [0.25, 0.3) is 0 Å². The van der Waals surface area contributed by atoms with Crippen molar-refractivity contribution in [3.8, 4) is 5.75 Å². The fraction of sp³-hybridized carbons (Fsp3) is 0.455. The van der Waals surface area contributed by atoms with Gasteiger partial charge in [0, 0.05) is 6.54 Å². The molecule has 2 N–H and O–H groups in total. The molecule has 0 saturated carbocycles. The number of aryl methyl sites for hydroxylation is 1. The van der Waals surface area contributed by atoms with Crippen LogP contribution >= 0.6 is 0 Å². The van der Waals surface area contributed by atoms with E-state index in [-0.39, 0.29) is 6.10 Å². The number of anilines is 1. The van der Waals surface area contributed by atoms with Gasteiger partial charge in [-0.05, 0) is 31.5 Å². The van der Waals surface area contributed by atoms with Crippen LogP contribution in [0.15, 0.2) is 18.2 Å². The molecule has 14 heavy (non-hydrogen) atoms. The molecule has 0 aliphatic rings. The van der Waals surface area contributed by atoms with E-state index < -0.39 is 0 Å². The van der Waals surface area contributed by atoms with Crippen LogP contribution in [0.2, 0.25) is 0 Å². The standard InChI is InChI=1S/C11H17NO2/c1-8-4-5-11(14-3)10(6-8)12-7-9(2)13/h4-6,9,12-13H,7H2,1-3H3. The van der Waals surface area contributed by atoms with Crippen molar-refractivity contribution >= 4 is 5.69 Å². The van der Waals surface area contributed by atoms with E-state index in [1.807, 2.05) is 25.1 Å². The number of nitrogens with one attached hydrogen (secondary N) is 1. The second-order valence-corrected chi connectivity index (χ2v) is 3.43. The van der Waals surface area contributed by atoms with Crippen molar-refractivity contribution < 1.29 is 9.84 Å². The first-order chi connectivity index (χ1) is 6.63. The van der Waals surface area contributed by atoms with Gasteiger partial charge in [0.15, 0.2) is 0 Å². The molecule has 1 atom stereocenters. The Labute approximate surface area is 84.7 Å². The molecule has 78 valence electrons. The van der Waals surface area contributed by atoms with E-state index in [9.17, 15) is 0 Å². The second kappa shape index (κ2) is 4.86. The van der Waals surface area contributed by atoms with Crippen LogP contribution in [0.3, 0.4) is 0 Å². The highest BCUT2D eigenvalue weighted by Gasteiger charge is 2.03. The number of aliphatic hydroxyl groups excluding tert-OH is 1. The fourth-order valence-electron chi connectivity index (χ4n) is 1.22. The van der Waals surface area contributed by atoms with E-state index in [1.165, 1.54) is 5.56 Å². The first-order valence-corrected chi connectivity index (χ1v) is 4.70. The third-order valence-electron chi connectivity index (χ3n) is 1.94. The van der Waals surface area contributed by atoms with Crippen molar-refractivity contribution in [2.45, 2.75) is 20.0 Å². The lowest BCUT2D eigenvalue weighted by Gasteiger charge is -2.12. The Balaban J connectivity index is 2.77. The maximum absolute atomic E-state index is 9.14. The molecule has 0 aliphatic heterocycles. The number of hydrogen-bond acceptors (Lipinski definition) is 3. The molecule has 1 rings (SSSR count). The minimum absolute atomic E-state index is 0.361. The minimum Gasteiger partial charge on any atom is -0.495 e. The molecular formula is C11H17NO2. The Morgan fingerprint density at radius 2 is 2.21 bits per heavy atom. The molecule has 0 heterocycles. The zero-order valence-electron chi connectivity index (χ0n) is 8.87. The van der Waals surface area contributed by atoms with Crippen molar-refractivity contribution in [2.24, 2.45) is 0 Å². The number of rotatable bonds is 4. The molecule has 0 fully saturated rings. The molecule has 0 radical (unpaired) electrons. The predicted octanol–water partition coefficient (Wildman–Crippen LogP) is 1.80. The number of ether oxygens (including phenoxy) is 1. The van der Waals surface area contributed by atoms with Crippen molar-refractivity contribution in [2.75, 3.05) is 19.0 Å². The summed E-state index contributed by atoms with van der Waals surface area (Å²) < 4.78 is 5.19. The van der Waals surface area contributed by atoms with Crippen LogP contribution < -0.4 is 10.1 Å². The van der Waals surface area contributed by atoms with Gasteiger partial charge in [-0.1, -0.05) is 6.07 Å². The van der Waals surface area contributed by atoms with E-state index >= 15 is 0 Å². The van der Waals surface area contributed by atoms with Crippen LogP contribution in [-0.2, 0) is 0 Å². The molecule has 1 aromatic carbocycles. The molecule has 3 nitrogen and oxygen atoms in total. The quantitative estimate of drug-likeness (QED) is 0.769. The lowest BCUT2D eigenvalue weighted by atomic mass is 10.2. The number of aliphatic hydroxyl groups is 1. The summed E-state index contributed by atoms with van der Waals surface area (Å²) in [7, 11) is 1.64. The van der Waals surface area contributed by atoms with Gasteiger partial charge in [0.2, 0.25) is 0 Å². The zero-order chi connectivity index (χ0) is 10.6. The van der Waals surface area contributed by atoms with E-state index in [4.69, 9.17) is 9.84 Å². The summed E-state index contributed by atoms with van der Waals surface area (Å²) in [4.78, 5) is 0. The molecule has 0 amide bonds. The monoisotopic (exact) mass is 195 g/mol. The summed E-state index contributed by atoms with van der Waals surface area (Å²) in [6, 6.07) is 5.91. The molecule has 0 saturated heterocycles. The number of hydrogen-bond donors (Lipinski definition) is 2. The van der Waals surface area contributed by atoms with Crippen molar-refractivity contribution in [1.29, 1.82) is 0 Å². The molecule has 0 aromatic heterocycles. The van der Waals surface area contributed by atoms with Gasteiger partial charge >= 0.3 is 0 Å². The van der Waals surface area contributed by atoms with Gasteiger partial charge in [-0.3, -0.25) is 0 Å². The zero-order valence-corrected chi connectivity index (χ0v) is 8.87. The number of benzene rings is 1. The van der Waals surface area contributed by atoms with Gasteiger partial charge in [-0.2, -0.15) is 0 Å². The Kier molecular flexibility index (Phi) is 3.77. The molecular weight excluding hydrogens is 178 g/mol. The van der Waals surface area contributed by atoms with E-state index in [1.54, 1.807) is 14.0 Å². The van der Waals surface area contributed by atoms with Gasteiger partial charge in [-0.25, -0.2) is 0 Å². The Morgan fingerprint density at radius 1 is 1.50 bits per heavy atom. The second-order valence-electron chi connectivity index (χ2n) is 3.43. The average Bonchev–Trinajstić information content (AvgIpc) is 2.15. The smallest absolute Gasteiger partial charge is 0.141 e. The third-order valence-corrected chi connectivity index (χ3v) is 1.94. The molecule has 3 heteroatoms. The molecule has 0 bridgehead atoms. The largest absolute Gasteiger partial charge is 0.495 e. The summed E-state index contributed by atoms with van der Waals surface area (Å²) in [5.41, 5.74) is 2.09. The summed E-state index contributed by atoms with van der Waals surface area (Å²) in [6.07, 6.45) is -0.361. The predicted molar refractivity (Wildman–Crippen MR) is 57.9 cm³/mol. The van der Waals surface area contributed by atoms with Crippen LogP contribution in [0.4, 0.5) is 5.69 Å². The maximum Gasteiger partial charge on any atom is 0.141 e. The van der Waals surface area contributed by atoms with E-state index in [2.05, 4.69) is 5.32 Å². The first kappa shape index (κ1) is 10.9. The van der Waals surface area contributed by atoms with E-state index in [0.29, 0.717) is 6.54 Å². The van der Waals surface area contributed by atoms with Crippen LogP contribution in [-0.4, -0.2) is 24.9 Å². The minimum atomic E-state index is -0.361. The summed E-state index contributed by atoms with van der Waals surface area (Å²) in [5, 5.41) is 12.3. The third kappa shape index (κ3) is 2.92. The summed E-state index contributed by atoms with van der Waals surface area (Å²) in [5.74, 6) is 0.802. The average molecular weight is 195 g/mol. The van der Waals surface area contributed by atoms with Gasteiger partial charge in [0.05, 0.1) is 18.9 Å². The fourth-order valence-corrected chi connectivity index (χ4v) is 1.22. The van der Waals surface area contributed by atoms with Crippen molar-refractivity contribution in [3.05, 3.63) is 23.8 Å². The lowest BCUT2D eigenvalue weighted by molar-refractivity contribution is 0.208. The Bertz CT molecular complexity index is 297. The lowest BCUT2D eigenvalue weighted by Crippen LogP contribution is -2.15. The molecule has 0 spiro atoms. The summed E-state index contributed by atoms with van der Waals surface area (Å²) in [6.45, 7) is 4.29.